The summed E-state index contributed by atoms with van der Waals surface area (Å²) in [5, 5.41) is 9.95. The second-order valence-electron chi connectivity index (χ2n) is 6.52. The molecule has 0 saturated carbocycles. The maximum atomic E-state index is 12.9. The van der Waals surface area contributed by atoms with Gasteiger partial charge in [-0.25, -0.2) is 12.8 Å². The first-order valence-electron chi connectivity index (χ1n) is 7.80. The molecule has 3 rings (SSSR count). The van der Waals surface area contributed by atoms with E-state index in [1.165, 1.54) is 12.1 Å². The van der Waals surface area contributed by atoms with Crippen LogP contribution in [-0.4, -0.2) is 55.2 Å². The molecule has 0 radical (unpaired) electrons. The van der Waals surface area contributed by atoms with Gasteiger partial charge in [0, 0.05) is 0 Å². The highest BCUT2D eigenvalue weighted by Crippen LogP contribution is 2.26. The Balaban J connectivity index is 1.53. The fourth-order valence-electron chi connectivity index (χ4n) is 3.60. The largest absolute Gasteiger partial charge is 0.390 e. The zero-order chi connectivity index (χ0) is 15.7. The Morgan fingerprint density at radius 2 is 1.77 bits per heavy atom. The van der Waals surface area contributed by atoms with Gasteiger partial charge < -0.3 is 5.11 Å². The average Bonchev–Trinajstić information content (AvgIpc) is 2.75. The third kappa shape index (κ3) is 3.67. The Labute approximate surface area is 130 Å². The lowest BCUT2D eigenvalue weighted by molar-refractivity contribution is 0.0587. The number of likely N-dealkylation sites (tertiary alicyclic amines) is 1. The summed E-state index contributed by atoms with van der Waals surface area (Å²) < 4.78 is 36.1. The Kier molecular flexibility index (Phi) is 4.52. The SMILES string of the molecule is O=S1(=O)CC(O)C(N2CCC(Cc3ccc(F)cc3)CC2)C1. The number of halogens is 1. The highest BCUT2D eigenvalue weighted by molar-refractivity contribution is 7.91. The van der Waals surface area contributed by atoms with Crippen molar-refractivity contribution in [2.75, 3.05) is 24.6 Å². The van der Waals surface area contributed by atoms with Gasteiger partial charge in [0.15, 0.2) is 9.84 Å². The average molecular weight is 327 g/mol. The smallest absolute Gasteiger partial charge is 0.154 e. The highest BCUT2D eigenvalue weighted by Gasteiger charge is 2.40. The lowest BCUT2D eigenvalue weighted by atomic mass is 9.89. The Morgan fingerprint density at radius 3 is 2.32 bits per heavy atom. The second-order valence-corrected chi connectivity index (χ2v) is 8.68. The minimum atomic E-state index is -3.09. The third-order valence-corrected chi connectivity index (χ3v) is 6.55. The van der Waals surface area contributed by atoms with E-state index in [-0.39, 0.29) is 23.4 Å². The van der Waals surface area contributed by atoms with Crippen molar-refractivity contribution >= 4 is 9.84 Å². The summed E-state index contributed by atoms with van der Waals surface area (Å²) in [5.41, 5.74) is 1.14. The number of piperidine rings is 1. The molecule has 2 atom stereocenters. The van der Waals surface area contributed by atoms with Crippen molar-refractivity contribution in [1.82, 2.24) is 4.90 Å². The van der Waals surface area contributed by atoms with Gasteiger partial charge in [0.05, 0.1) is 23.7 Å². The molecular formula is C16H22FNO3S. The Morgan fingerprint density at radius 1 is 1.14 bits per heavy atom. The first-order valence-corrected chi connectivity index (χ1v) is 9.62. The standard InChI is InChI=1S/C16H22FNO3S/c17-14-3-1-12(2-4-14)9-13-5-7-18(8-6-13)15-10-22(20,21)11-16(15)19/h1-4,13,15-16,19H,5-11H2. The molecule has 2 aliphatic rings. The van der Waals surface area contributed by atoms with E-state index >= 15 is 0 Å². The number of rotatable bonds is 3. The van der Waals surface area contributed by atoms with Crippen LogP contribution >= 0.6 is 0 Å². The molecule has 1 N–H and O–H groups in total. The molecule has 2 heterocycles. The molecule has 6 heteroatoms. The summed E-state index contributed by atoms with van der Waals surface area (Å²) in [5.74, 6) is 0.302. The first-order chi connectivity index (χ1) is 10.4. The third-order valence-electron chi connectivity index (χ3n) is 4.85. The molecule has 0 spiro atoms. The molecule has 2 saturated heterocycles. The van der Waals surface area contributed by atoms with Gasteiger partial charge in [-0.15, -0.1) is 0 Å². The Hall–Kier alpha value is -0.980. The number of aliphatic hydroxyl groups is 1. The number of nitrogens with zero attached hydrogens (tertiary/aromatic N) is 1. The van der Waals surface area contributed by atoms with Crippen molar-refractivity contribution in [3.63, 3.8) is 0 Å². The second kappa shape index (κ2) is 6.26. The van der Waals surface area contributed by atoms with E-state index in [2.05, 4.69) is 4.90 Å². The summed E-state index contributed by atoms with van der Waals surface area (Å²) in [4.78, 5) is 2.12. The van der Waals surface area contributed by atoms with Crippen LogP contribution < -0.4 is 0 Å². The maximum Gasteiger partial charge on any atom is 0.154 e. The topological polar surface area (TPSA) is 57.6 Å². The lowest BCUT2D eigenvalue weighted by Crippen LogP contribution is -2.47. The minimum absolute atomic E-state index is 0.0802. The lowest BCUT2D eigenvalue weighted by Gasteiger charge is -2.36. The molecule has 1 aromatic carbocycles. The fraction of sp³-hybridized carbons (Fsp3) is 0.625. The van der Waals surface area contributed by atoms with Crippen LogP contribution in [0.3, 0.4) is 0 Å². The minimum Gasteiger partial charge on any atom is -0.390 e. The van der Waals surface area contributed by atoms with Crippen molar-refractivity contribution in [2.45, 2.75) is 31.4 Å². The van der Waals surface area contributed by atoms with Crippen LogP contribution in [0.25, 0.3) is 0 Å². The van der Waals surface area contributed by atoms with Gasteiger partial charge in [-0.3, -0.25) is 4.90 Å². The van der Waals surface area contributed by atoms with E-state index < -0.39 is 15.9 Å². The van der Waals surface area contributed by atoms with Crippen molar-refractivity contribution < 1.29 is 17.9 Å². The molecule has 122 valence electrons. The molecule has 1 aromatic rings. The molecule has 0 aromatic heterocycles. The number of benzene rings is 1. The van der Waals surface area contributed by atoms with E-state index in [1.54, 1.807) is 0 Å². The van der Waals surface area contributed by atoms with Gasteiger partial charge in [0.2, 0.25) is 0 Å². The normalized spacial score (nSPS) is 29.7. The maximum absolute atomic E-state index is 12.9. The van der Waals surface area contributed by atoms with Gasteiger partial charge in [-0.1, -0.05) is 12.1 Å². The van der Waals surface area contributed by atoms with Crippen LogP contribution in [-0.2, 0) is 16.3 Å². The summed E-state index contributed by atoms with van der Waals surface area (Å²) in [6.45, 7) is 1.65. The first kappa shape index (κ1) is 15.9. The number of aliphatic hydroxyl groups excluding tert-OH is 1. The Bertz CT molecular complexity index is 609. The number of hydrogen-bond acceptors (Lipinski definition) is 4. The van der Waals surface area contributed by atoms with Crippen LogP contribution in [0.1, 0.15) is 18.4 Å². The van der Waals surface area contributed by atoms with Gasteiger partial charge in [-0.05, 0) is 56.0 Å². The van der Waals surface area contributed by atoms with E-state index in [0.717, 1.165) is 37.9 Å². The molecule has 2 fully saturated rings. The predicted molar refractivity (Wildman–Crippen MR) is 82.8 cm³/mol. The van der Waals surface area contributed by atoms with Gasteiger partial charge in [-0.2, -0.15) is 0 Å². The van der Waals surface area contributed by atoms with Crippen LogP contribution in [0.15, 0.2) is 24.3 Å². The van der Waals surface area contributed by atoms with Crippen molar-refractivity contribution in [1.29, 1.82) is 0 Å². The van der Waals surface area contributed by atoms with Gasteiger partial charge in [0.25, 0.3) is 0 Å². The molecular weight excluding hydrogens is 305 g/mol. The molecule has 0 amide bonds. The zero-order valence-electron chi connectivity index (χ0n) is 12.5. The van der Waals surface area contributed by atoms with E-state index in [9.17, 15) is 17.9 Å². The monoisotopic (exact) mass is 327 g/mol. The summed E-state index contributed by atoms with van der Waals surface area (Å²) in [6, 6.07) is 6.40. The van der Waals surface area contributed by atoms with Crippen LogP contribution in [0.4, 0.5) is 4.39 Å². The molecule has 2 unspecified atom stereocenters. The van der Waals surface area contributed by atoms with Crippen LogP contribution in [0.2, 0.25) is 0 Å². The predicted octanol–water partition coefficient (Wildman–Crippen LogP) is 1.24. The summed E-state index contributed by atoms with van der Waals surface area (Å²) in [6.07, 6.45) is 2.15. The van der Waals surface area contributed by atoms with Crippen molar-refractivity contribution in [3.05, 3.63) is 35.6 Å². The molecule has 4 nitrogen and oxygen atoms in total. The summed E-state index contributed by atoms with van der Waals surface area (Å²) >= 11 is 0. The number of sulfone groups is 1. The van der Waals surface area contributed by atoms with Gasteiger partial charge in [0.1, 0.15) is 5.82 Å². The molecule has 2 aliphatic heterocycles. The molecule has 0 aliphatic carbocycles. The molecule has 22 heavy (non-hydrogen) atoms. The zero-order valence-corrected chi connectivity index (χ0v) is 13.3. The van der Waals surface area contributed by atoms with Gasteiger partial charge >= 0.3 is 0 Å². The number of hydrogen-bond donors (Lipinski definition) is 1. The highest BCUT2D eigenvalue weighted by atomic mass is 32.2. The van der Waals surface area contributed by atoms with Crippen molar-refractivity contribution in [2.24, 2.45) is 5.92 Å². The van der Waals surface area contributed by atoms with Crippen LogP contribution in [0, 0.1) is 11.7 Å². The van der Waals surface area contributed by atoms with Crippen molar-refractivity contribution in [3.8, 4) is 0 Å². The van der Waals surface area contributed by atoms with E-state index in [4.69, 9.17) is 0 Å². The van der Waals surface area contributed by atoms with E-state index in [0.29, 0.717) is 5.92 Å². The van der Waals surface area contributed by atoms with E-state index in [1.807, 2.05) is 12.1 Å². The fourth-order valence-corrected chi connectivity index (χ4v) is 5.43. The van der Waals surface area contributed by atoms with Crippen LogP contribution in [0.5, 0.6) is 0 Å². The quantitative estimate of drug-likeness (QED) is 0.907. The summed E-state index contributed by atoms with van der Waals surface area (Å²) in [7, 11) is -3.09. The molecule has 0 bridgehead atoms.